The van der Waals surface area contributed by atoms with Crippen molar-refractivity contribution in [3.8, 4) is 0 Å². The predicted octanol–water partition coefficient (Wildman–Crippen LogP) is 3.62. The van der Waals surface area contributed by atoms with Crippen LogP contribution >= 0.6 is 15.9 Å². The lowest BCUT2D eigenvalue weighted by molar-refractivity contribution is 0.488. The normalized spacial score (nSPS) is 28.3. The zero-order valence-electron chi connectivity index (χ0n) is 9.51. The molecule has 0 bridgehead atoms. The van der Waals surface area contributed by atoms with Crippen molar-refractivity contribution < 1.29 is 0 Å². The van der Waals surface area contributed by atoms with Gasteiger partial charge in [0, 0.05) is 10.5 Å². The highest BCUT2D eigenvalue weighted by Crippen LogP contribution is 2.38. The number of nitrogens with one attached hydrogen (secondary N) is 1. The summed E-state index contributed by atoms with van der Waals surface area (Å²) in [5.41, 5.74) is 3.18. The summed E-state index contributed by atoms with van der Waals surface area (Å²) in [7, 11) is 0. The van der Waals surface area contributed by atoms with Gasteiger partial charge in [0.25, 0.3) is 0 Å². The van der Waals surface area contributed by atoms with Crippen LogP contribution in [0.5, 0.6) is 0 Å². The van der Waals surface area contributed by atoms with Crippen molar-refractivity contribution in [2.75, 3.05) is 6.54 Å². The Balaban J connectivity index is 1.75. The molecule has 1 nitrogen and oxygen atoms in total. The number of aryl methyl sites for hydroxylation is 1. The quantitative estimate of drug-likeness (QED) is 0.872. The van der Waals surface area contributed by atoms with Gasteiger partial charge in [0.2, 0.25) is 0 Å². The van der Waals surface area contributed by atoms with Gasteiger partial charge in [0.1, 0.15) is 0 Å². The fraction of sp³-hybridized carbons (Fsp3) is 0.571. The van der Waals surface area contributed by atoms with Gasteiger partial charge in [-0.3, -0.25) is 0 Å². The van der Waals surface area contributed by atoms with E-state index in [0.29, 0.717) is 0 Å². The Labute approximate surface area is 106 Å². The minimum absolute atomic E-state index is 0.777. The Bertz CT molecular complexity index is 382. The van der Waals surface area contributed by atoms with Crippen molar-refractivity contribution in [1.82, 2.24) is 5.32 Å². The van der Waals surface area contributed by atoms with Crippen LogP contribution in [0.25, 0.3) is 0 Å². The highest BCUT2D eigenvalue weighted by Gasteiger charge is 2.26. The van der Waals surface area contributed by atoms with E-state index in [-0.39, 0.29) is 0 Å². The molecule has 3 rings (SSSR count). The molecule has 0 spiro atoms. The van der Waals surface area contributed by atoms with Crippen LogP contribution < -0.4 is 5.32 Å². The van der Waals surface area contributed by atoms with Gasteiger partial charge >= 0.3 is 0 Å². The predicted molar refractivity (Wildman–Crippen MR) is 70.8 cm³/mol. The molecule has 0 radical (unpaired) electrons. The maximum absolute atomic E-state index is 3.62. The first kappa shape index (κ1) is 10.8. The molecule has 1 aromatic rings. The Morgan fingerprint density at radius 3 is 3.06 bits per heavy atom. The summed E-state index contributed by atoms with van der Waals surface area (Å²) >= 11 is 3.56. The molecule has 2 heteroatoms. The van der Waals surface area contributed by atoms with Crippen molar-refractivity contribution in [2.45, 2.75) is 44.1 Å². The van der Waals surface area contributed by atoms with Crippen LogP contribution in [0.2, 0.25) is 0 Å². The molecule has 1 aliphatic carbocycles. The molecule has 1 aromatic carbocycles. The summed E-state index contributed by atoms with van der Waals surface area (Å²) in [5.74, 6) is 0.804. The average Bonchev–Trinajstić information content (AvgIpc) is 2.89. The molecule has 2 atom stereocenters. The maximum atomic E-state index is 3.62. The van der Waals surface area contributed by atoms with E-state index in [4.69, 9.17) is 0 Å². The van der Waals surface area contributed by atoms with Gasteiger partial charge in [-0.15, -0.1) is 0 Å². The van der Waals surface area contributed by atoms with E-state index in [0.717, 1.165) is 12.0 Å². The number of rotatable bonds is 2. The lowest BCUT2D eigenvalue weighted by Crippen LogP contribution is -2.23. The summed E-state index contributed by atoms with van der Waals surface area (Å²) in [6.07, 6.45) is 6.71. The van der Waals surface area contributed by atoms with Crippen LogP contribution in [0.1, 0.15) is 42.7 Å². The van der Waals surface area contributed by atoms with Crippen molar-refractivity contribution >= 4 is 15.9 Å². The molecular formula is C14H18BrN. The van der Waals surface area contributed by atoms with Crippen molar-refractivity contribution in [2.24, 2.45) is 0 Å². The zero-order chi connectivity index (χ0) is 11.0. The lowest BCUT2D eigenvalue weighted by atomic mass is 9.93. The smallest absolute Gasteiger partial charge is 0.0178 e. The van der Waals surface area contributed by atoms with Crippen LogP contribution in [-0.4, -0.2) is 12.6 Å². The van der Waals surface area contributed by atoms with Crippen LogP contribution in [0, 0.1) is 0 Å². The Morgan fingerprint density at radius 2 is 2.25 bits per heavy atom. The standard InChI is InChI=1S/C14H18BrN/c15-12-5-6-14-10(8-12)3-4-11(14)9-13-2-1-7-16-13/h5-6,8,11,13,16H,1-4,7,9H2. The third kappa shape index (κ3) is 2.05. The SMILES string of the molecule is Brc1ccc2c(c1)CCC2CC1CCCN1. The van der Waals surface area contributed by atoms with Gasteiger partial charge in [-0.25, -0.2) is 0 Å². The first-order chi connectivity index (χ1) is 7.83. The van der Waals surface area contributed by atoms with E-state index in [2.05, 4.69) is 39.4 Å². The van der Waals surface area contributed by atoms with Gasteiger partial charge < -0.3 is 5.32 Å². The molecule has 0 aromatic heterocycles. The van der Waals surface area contributed by atoms with Crippen molar-refractivity contribution in [1.29, 1.82) is 0 Å². The van der Waals surface area contributed by atoms with Gasteiger partial charge in [0.05, 0.1) is 0 Å². The first-order valence-electron chi connectivity index (χ1n) is 6.34. The van der Waals surface area contributed by atoms with Crippen LogP contribution in [0.15, 0.2) is 22.7 Å². The number of halogens is 1. The third-order valence-corrected chi connectivity index (χ3v) is 4.53. The molecule has 16 heavy (non-hydrogen) atoms. The van der Waals surface area contributed by atoms with Gasteiger partial charge in [-0.1, -0.05) is 22.0 Å². The summed E-state index contributed by atoms with van der Waals surface area (Å²) in [6, 6.07) is 7.60. The fourth-order valence-electron chi connectivity index (χ4n) is 3.22. The number of benzene rings is 1. The molecule has 1 aliphatic heterocycles. The van der Waals surface area contributed by atoms with E-state index in [1.165, 1.54) is 43.1 Å². The molecule has 86 valence electrons. The second-order valence-electron chi connectivity index (χ2n) is 5.11. The molecule has 1 fully saturated rings. The molecule has 1 N–H and O–H groups in total. The van der Waals surface area contributed by atoms with E-state index in [1.807, 2.05) is 0 Å². The fourth-order valence-corrected chi connectivity index (χ4v) is 3.63. The first-order valence-corrected chi connectivity index (χ1v) is 7.14. The van der Waals surface area contributed by atoms with E-state index < -0.39 is 0 Å². The van der Waals surface area contributed by atoms with E-state index >= 15 is 0 Å². The topological polar surface area (TPSA) is 12.0 Å². The zero-order valence-corrected chi connectivity index (χ0v) is 11.1. The van der Waals surface area contributed by atoms with Gasteiger partial charge in [-0.05, 0) is 67.8 Å². The monoisotopic (exact) mass is 279 g/mol. The molecule has 0 saturated carbocycles. The second-order valence-corrected chi connectivity index (χ2v) is 6.02. The molecular weight excluding hydrogens is 262 g/mol. The largest absolute Gasteiger partial charge is 0.314 e. The molecule has 0 amide bonds. The summed E-state index contributed by atoms with van der Waals surface area (Å²) in [6.45, 7) is 1.23. The lowest BCUT2D eigenvalue weighted by Gasteiger charge is -2.17. The second kappa shape index (κ2) is 4.50. The van der Waals surface area contributed by atoms with Crippen LogP contribution in [0.3, 0.4) is 0 Å². The van der Waals surface area contributed by atoms with E-state index in [9.17, 15) is 0 Å². The number of hydrogen-bond donors (Lipinski definition) is 1. The number of hydrogen-bond acceptors (Lipinski definition) is 1. The van der Waals surface area contributed by atoms with Crippen LogP contribution in [-0.2, 0) is 6.42 Å². The molecule has 1 saturated heterocycles. The highest BCUT2D eigenvalue weighted by atomic mass is 79.9. The molecule has 2 unspecified atom stereocenters. The van der Waals surface area contributed by atoms with Gasteiger partial charge in [-0.2, -0.15) is 0 Å². The minimum atomic E-state index is 0.777. The van der Waals surface area contributed by atoms with E-state index in [1.54, 1.807) is 11.1 Å². The van der Waals surface area contributed by atoms with Crippen LogP contribution in [0.4, 0.5) is 0 Å². The Hall–Kier alpha value is -0.340. The van der Waals surface area contributed by atoms with Crippen molar-refractivity contribution in [3.63, 3.8) is 0 Å². The maximum Gasteiger partial charge on any atom is 0.0178 e. The Kier molecular flexibility index (Phi) is 3.03. The molecule has 1 heterocycles. The average molecular weight is 280 g/mol. The summed E-state index contributed by atoms with van der Waals surface area (Å²) in [5, 5.41) is 3.62. The third-order valence-electron chi connectivity index (χ3n) is 4.04. The molecule has 2 aliphatic rings. The number of fused-ring (bicyclic) bond motifs is 1. The van der Waals surface area contributed by atoms with Gasteiger partial charge in [0.15, 0.2) is 0 Å². The van der Waals surface area contributed by atoms with Crippen molar-refractivity contribution in [3.05, 3.63) is 33.8 Å². The summed E-state index contributed by atoms with van der Waals surface area (Å²) in [4.78, 5) is 0. The highest BCUT2D eigenvalue weighted by molar-refractivity contribution is 9.10. The Morgan fingerprint density at radius 1 is 1.31 bits per heavy atom. The summed E-state index contributed by atoms with van der Waals surface area (Å²) < 4.78 is 1.23. The minimum Gasteiger partial charge on any atom is -0.314 e.